The van der Waals surface area contributed by atoms with Gasteiger partial charge in [-0.05, 0) is 23.7 Å². The average molecular weight is 263 g/mol. The van der Waals surface area contributed by atoms with Crippen LogP contribution < -0.4 is 5.32 Å². The summed E-state index contributed by atoms with van der Waals surface area (Å²) in [5, 5.41) is 6.19. The third-order valence-electron chi connectivity index (χ3n) is 2.17. The van der Waals surface area contributed by atoms with Crippen LogP contribution in [0.2, 0.25) is 0 Å². The molecule has 0 spiro atoms. The largest absolute Gasteiger partial charge is 0.465 e. The van der Waals surface area contributed by atoms with E-state index in [4.69, 9.17) is 0 Å². The number of hydrogen-bond donors (Lipinski definition) is 1. The minimum absolute atomic E-state index is 0.297. The maximum Gasteiger partial charge on any atom is 0.339 e. The van der Waals surface area contributed by atoms with E-state index in [9.17, 15) is 9.59 Å². The Morgan fingerprint density at radius 3 is 2.78 bits per heavy atom. The molecule has 18 heavy (non-hydrogen) atoms. The van der Waals surface area contributed by atoms with Gasteiger partial charge in [-0.2, -0.15) is 0 Å². The molecule has 1 N–H and O–H groups in total. The van der Waals surface area contributed by atoms with Gasteiger partial charge in [0.05, 0.1) is 24.6 Å². The number of rotatable bonds is 3. The van der Waals surface area contributed by atoms with Gasteiger partial charge < -0.3 is 10.1 Å². The molecule has 0 aliphatic rings. The van der Waals surface area contributed by atoms with E-state index in [1.807, 2.05) is 0 Å². The number of benzene rings is 1. The molecular weight excluding hydrogens is 254 g/mol. The number of nitrogens with one attached hydrogen (secondary N) is 1. The van der Waals surface area contributed by atoms with Crippen LogP contribution in [0.3, 0.4) is 0 Å². The lowest BCUT2D eigenvalue weighted by Crippen LogP contribution is -2.14. The Morgan fingerprint density at radius 1 is 1.33 bits per heavy atom. The van der Waals surface area contributed by atoms with Crippen molar-refractivity contribution in [2.45, 2.75) is 0 Å². The number of esters is 1. The predicted molar refractivity (Wildman–Crippen MR) is 65.6 cm³/mol. The highest BCUT2D eigenvalue weighted by atomic mass is 32.1. The molecule has 0 bridgehead atoms. The van der Waals surface area contributed by atoms with E-state index in [0.29, 0.717) is 16.1 Å². The summed E-state index contributed by atoms with van der Waals surface area (Å²) in [5.41, 5.74) is 0.688. The zero-order chi connectivity index (χ0) is 13.0. The van der Waals surface area contributed by atoms with Gasteiger partial charge in [0, 0.05) is 0 Å². The van der Waals surface area contributed by atoms with E-state index in [-0.39, 0.29) is 5.91 Å². The molecule has 1 aromatic heterocycles. The van der Waals surface area contributed by atoms with Crippen LogP contribution in [0.25, 0.3) is 0 Å². The lowest BCUT2D eigenvalue weighted by Gasteiger charge is -2.08. The second-order valence-corrected chi connectivity index (χ2v) is 4.06. The van der Waals surface area contributed by atoms with Crippen molar-refractivity contribution < 1.29 is 14.3 Å². The molecule has 6 nitrogen and oxygen atoms in total. The SMILES string of the molecule is COC(=O)c1ccccc1NC(=O)c1cnns1. The summed E-state index contributed by atoms with van der Waals surface area (Å²) in [5.74, 6) is -0.866. The molecule has 92 valence electrons. The first kappa shape index (κ1) is 12.2. The molecule has 1 aromatic carbocycles. The lowest BCUT2D eigenvalue weighted by molar-refractivity contribution is 0.0602. The zero-order valence-electron chi connectivity index (χ0n) is 9.41. The van der Waals surface area contributed by atoms with Crippen LogP contribution >= 0.6 is 11.5 Å². The number of para-hydroxylation sites is 1. The molecule has 1 heterocycles. The fourth-order valence-electron chi connectivity index (χ4n) is 1.33. The highest BCUT2D eigenvalue weighted by molar-refractivity contribution is 7.07. The summed E-state index contributed by atoms with van der Waals surface area (Å²) in [6.45, 7) is 0. The van der Waals surface area contributed by atoms with Gasteiger partial charge in [0.2, 0.25) is 0 Å². The van der Waals surface area contributed by atoms with Crippen molar-refractivity contribution in [2.24, 2.45) is 0 Å². The van der Waals surface area contributed by atoms with Crippen LogP contribution in [0.4, 0.5) is 5.69 Å². The zero-order valence-corrected chi connectivity index (χ0v) is 10.2. The molecule has 7 heteroatoms. The first-order valence-electron chi connectivity index (χ1n) is 4.98. The molecule has 2 rings (SSSR count). The molecule has 0 unspecified atom stereocenters. The lowest BCUT2D eigenvalue weighted by atomic mass is 10.2. The second-order valence-electron chi connectivity index (χ2n) is 3.27. The van der Waals surface area contributed by atoms with Gasteiger partial charge in [0.1, 0.15) is 4.88 Å². The monoisotopic (exact) mass is 263 g/mol. The molecule has 0 aliphatic carbocycles. The second kappa shape index (κ2) is 5.37. The fraction of sp³-hybridized carbons (Fsp3) is 0.0909. The Kier molecular flexibility index (Phi) is 3.63. The minimum atomic E-state index is -0.506. The smallest absolute Gasteiger partial charge is 0.339 e. The average Bonchev–Trinajstić information content (AvgIpc) is 2.92. The number of methoxy groups -OCH3 is 1. The maximum atomic E-state index is 11.8. The van der Waals surface area contributed by atoms with Crippen LogP contribution in [0, 0.1) is 0 Å². The first-order valence-corrected chi connectivity index (χ1v) is 5.75. The predicted octanol–water partition coefficient (Wildman–Crippen LogP) is 1.58. The molecule has 0 aliphatic heterocycles. The molecular formula is C11H9N3O3S. The van der Waals surface area contributed by atoms with E-state index >= 15 is 0 Å². The standard InChI is InChI=1S/C11H9N3O3S/c1-17-11(16)7-4-2-3-5-8(7)13-10(15)9-6-12-14-18-9/h2-6H,1H3,(H,13,15). The van der Waals surface area contributed by atoms with Crippen molar-refractivity contribution in [1.82, 2.24) is 9.59 Å². The van der Waals surface area contributed by atoms with Crippen LogP contribution in [-0.2, 0) is 4.74 Å². The van der Waals surface area contributed by atoms with Crippen LogP contribution in [0.5, 0.6) is 0 Å². The maximum absolute atomic E-state index is 11.8. The number of amides is 1. The normalized spacial score (nSPS) is 9.83. The topological polar surface area (TPSA) is 81.2 Å². The van der Waals surface area contributed by atoms with E-state index in [1.165, 1.54) is 13.3 Å². The number of anilines is 1. The summed E-state index contributed by atoms with van der Waals surface area (Å²) in [4.78, 5) is 23.7. The molecule has 2 aromatic rings. The van der Waals surface area contributed by atoms with E-state index in [0.717, 1.165) is 11.5 Å². The van der Waals surface area contributed by atoms with Crippen molar-refractivity contribution in [3.05, 3.63) is 40.9 Å². The number of ether oxygens (including phenoxy) is 1. The van der Waals surface area contributed by atoms with Crippen LogP contribution in [0.15, 0.2) is 30.5 Å². The van der Waals surface area contributed by atoms with Gasteiger partial charge in [-0.25, -0.2) is 4.79 Å². The van der Waals surface area contributed by atoms with Crippen molar-refractivity contribution in [2.75, 3.05) is 12.4 Å². The Labute approximate surface area is 107 Å². The van der Waals surface area contributed by atoms with Gasteiger partial charge in [-0.1, -0.05) is 16.6 Å². The van der Waals surface area contributed by atoms with Crippen molar-refractivity contribution >= 4 is 29.1 Å². The van der Waals surface area contributed by atoms with Gasteiger partial charge in [-0.15, -0.1) is 5.10 Å². The quantitative estimate of drug-likeness (QED) is 0.850. The first-order chi connectivity index (χ1) is 8.72. The van der Waals surface area contributed by atoms with E-state index in [1.54, 1.807) is 24.3 Å². The Morgan fingerprint density at radius 2 is 2.11 bits per heavy atom. The Balaban J connectivity index is 2.24. The number of aromatic nitrogens is 2. The number of nitrogens with zero attached hydrogens (tertiary/aromatic N) is 2. The van der Waals surface area contributed by atoms with Crippen LogP contribution in [0.1, 0.15) is 20.0 Å². The molecule has 0 saturated heterocycles. The summed E-state index contributed by atoms with van der Waals surface area (Å²) in [7, 11) is 1.29. The fourth-order valence-corrected chi connectivity index (χ4v) is 1.74. The summed E-state index contributed by atoms with van der Waals surface area (Å²) >= 11 is 0.981. The number of carbonyl (C=O) groups excluding carboxylic acids is 2. The molecule has 0 fully saturated rings. The molecule has 0 atom stereocenters. The van der Waals surface area contributed by atoms with Gasteiger partial charge in [0.15, 0.2) is 0 Å². The Hall–Kier alpha value is -2.28. The van der Waals surface area contributed by atoms with E-state index < -0.39 is 5.97 Å². The van der Waals surface area contributed by atoms with E-state index in [2.05, 4.69) is 19.6 Å². The van der Waals surface area contributed by atoms with Crippen LogP contribution in [-0.4, -0.2) is 28.6 Å². The highest BCUT2D eigenvalue weighted by Gasteiger charge is 2.15. The molecule has 1 amide bonds. The van der Waals surface area contributed by atoms with Gasteiger partial charge >= 0.3 is 5.97 Å². The third-order valence-corrected chi connectivity index (χ3v) is 2.83. The summed E-state index contributed by atoms with van der Waals surface area (Å²) in [6, 6.07) is 6.61. The number of hydrogen-bond acceptors (Lipinski definition) is 6. The van der Waals surface area contributed by atoms with Crippen molar-refractivity contribution in [3.63, 3.8) is 0 Å². The summed E-state index contributed by atoms with van der Waals surface area (Å²) < 4.78 is 8.23. The van der Waals surface area contributed by atoms with Crippen molar-refractivity contribution in [3.8, 4) is 0 Å². The third kappa shape index (κ3) is 2.51. The highest BCUT2D eigenvalue weighted by Crippen LogP contribution is 2.17. The Bertz CT molecular complexity index is 569. The molecule has 0 saturated carbocycles. The minimum Gasteiger partial charge on any atom is -0.465 e. The van der Waals surface area contributed by atoms with Crippen molar-refractivity contribution in [1.29, 1.82) is 0 Å². The summed E-state index contributed by atoms with van der Waals surface area (Å²) in [6.07, 6.45) is 1.36. The van der Waals surface area contributed by atoms with Gasteiger partial charge in [-0.3, -0.25) is 4.79 Å². The molecule has 0 radical (unpaired) electrons. The van der Waals surface area contributed by atoms with Gasteiger partial charge in [0.25, 0.3) is 5.91 Å². The number of carbonyl (C=O) groups is 2.